The van der Waals surface area contributed by atoms with Crippen molar-refractivity contribution in [2.24, 2.45) is 5.92 Å². The van der Waals surface area contributed by atoms with Gasteiger partial charge in [-0.05, 0) is 40.0 Å². The van der Waals surface area contributed by atoms with E-state index >= 15 is 0 Å². The van der Waals surface area contributed by atoms with Crippen LogP contribution in [0.4, 0.5) is 0 Å². The first-order chi connectivity index (χ1) is 6.80. The quantitative estimate of drug-likeness (QED) is 0.762. The Bertz CT molecular complexity index is 228. The molecular weight excluding hydrogens is 190 g/mol. The minimum absolute atomic E-state index is 0.0628. The Morgan fingerprint density at radius 1 is 1.47 bits per heavy atom. The summed E-state index contributed by atoms with van der Waals surface area (Å²) in [5.41, 5.74) is -0.0628. The highest BCUT2D eigenvalue weighted by Gasteiger charge is 2.32. The van der Waals surface area contributed by atoms with Crippen LogP contribution in [0.25, 0.3) is 0 Å². The Morgan fingerprint density at radius 3 is 2.33 bits per heavy atom. The molecule has 3 heteroatoms. The molecule has 3 nitrogen and oxygen atoms in total. The van der Waals surface area contributed by atoms with E-state index in [1.807, 2.05) is 0 Å². The minimum atomic E-state index is -0.729. The number of carbonyl (C=O) groups is 1. The molecule has 0 amide bonds. The smallest absolute Gasteiger partial charge is 0.317 e. The number of carboxylic acids is 1. The van der Waals surface area contributed by atoms with E-state index in [0.717, 1.165) is 12.3 Å². The topological polar surface area (TPSA) is 40.5 Å². The van der Waals surface area contributed by atoms with Gasteiger partial charge in [0.2, 0.25) is 0 Å². The van der Waals surface area contributed by atoms with Crippen molar-refractivity contribution in [2.75, 3.05) is 6.54 Å². The molecular formula is C12H23NO2. The molecule has 0 spiro atoms. The molecule has 1 aliphatic rings. The van der Waals surface area contributed by atoms with Crippen LogP contribution >= 0.6 is 0 Å². The second-order valence-electron chi connectivity index (χ2n) is 5.72. The van der Waals surface area contributed by atoms with E-state index in [-0.39, 0.29) is 12.1 Å². The molecule has 0 aromatic rings. The first-order valence-corrected chi connectivity index (χ1v) is 5.79. The van der Waals surface area contributed by atoms with Gasteiger partial charge in [-0.1, -0.05) is 12.8 Å². The van der Waals surface area contributed by atoms with Gasteiger partial charge in [0.15, 0.2) is 0 Å². The lowest BCUT2D eigenvalue weighted by Gasteiger charge is -2.39. The first-order valence-electron chi connectivity index (χ1n) is 5.79. The fourth-order valence-electron chi connectivity index (χ4n) is 2.16. The van der Waals surface area contributed by atoms with Gasteiger partial charge in [-0.25, -0.2) is 0 Å². The van der Waals surface area contributed by atoms with E-state index in [0.29, 0.717) is 6.04 Å². The maximum absolute atomic E-state index is 10.8. The zero-order valence-corrected chi connectivity index (χ0v) is 10.3. The number of nitrogens with zero attached hydrogens (tertiary/aromatic N) is 1. The summed E-state index contributed by atoms with van der Waals surface area (Å²) in [5, 5.41) is 8.90. The van der Waals surface area contributed by atoms with Crippen LogP contribution in [0, 0.1) is 5.92 Å². The maximum atomic E-state index is 10.8. The SMILES string of the molecule is CC(CC1CC1)N(CC(=O)O)C(C)(C)C. The predicted octanol–water partition coefficient (Wildman–Crippen LogP) is 2.36. The highest BCUT2D eigenvalue weighted by atomic mass is 16.4. The van der Waals surface area contributed by atoms with E-state index in [1.165, 1.54) is 12.8 Å². The lowest BCUT2D eigenvalue weighted by atomic mass is 10.0. The van der Waals surface area contributed by atoms with Crippen LogP contribution in [0.1, 0.15) is 47.0 Å². The highest BCUT2D eigenvalue weighted by Crippen LogP contribution is 2.35. The van der Waals surface area contributed by atoms with Gasteiger partial charge in [0.25, 0.3) is 0 Å². The van der Waals surface area contributed by atoms with Crippen molar-refractivity contribution in [1.29, 1.82) is 0 Å². The molecule has 1 atom stereocenters. The van der Waals surface area contributed by atoms with E-state index in [2.05, 4.69) is 32.6 Å². The zero-order chi connectivity index (χ0) is 11.6. The summed E-state index contributed by atoms with van der Waals surface area (Å²) >= 11 is 0. The molecule has 1 fully saturated rings. The molecule has 0 aliphatic heterocycles. The summed E-state index contributed by atoms with van der Waals surface area (Å²) < 4.78 is 0. The van der Waals surface area contributed by atoms with Crippen molar-refractivity contribution in [3.8, 4) is 0 Å². The Labute approximate surface area is 92.5 Å². The van der Waals surface area contributed by atoms with Crippen molar-refractivity contribution in [1.82, 2.24) is 4.90 Å². The summed E-state index contributed by atoms with van der Waals surface area (Å²) in [5.74, 6) is 0.117. The van der Waals surface area contributed by atoms with Crippen LogP contribution in [-0.4, -0.2) is 34.1 Å². The molecule has 0 aromatic carbocycles. The molecule has 15 heavy (non-hydrogen) atoms. The molecule has 1 unspecified atom stereocenters. The number of hydrogen-bond acceptors (Lipinski definition) is 2. The van der Waals surface area contributed by atoms with Crippen LogP contribution in [0.15, 0.2) is 0 Å². The Balaban J connectivity index is 2.56. The van der Waals surface area contributed by atoms with Crippen LogP contribution in [-0.2, 0) is 4.79 Å². The second-order valence-corrected chi connectivity index (χ2v) is 5.72. The normalized spacial score (nSPS) is 19.3. The van der Waals surface area contributed by atoms with Gasteiger partial charge in [-0.2, -0.15) is 0 Å². The van der Waals surface area contributed by atoms with Gasteiger partial charge < -0.3 is 5.11 Å². The molecule has 0 aromatic heterocycles. The summed E-state index contributed by atoms with van der Waals surface area (Å²) in [7, 11) is 0. The maximum Gasteiger partial charge on any atom is 0.317 e. The van der Waals surface area contributed by atoms with Crippen LogP contribution < -0.4 is 0 Å². The molecule has 1 saturated carbocycles. The lowest BCUT2D eigenvalue weighted by molar-refractivity contribution is -0.140. The van der Waals surface area contributed by atoms with Crippen molar-refractivity contribution < 1.29 is 9.90 Å². The Hall–Kier alpha value is -0.570. The van der Waals surface area contributed by atoms with Crippen molar-refractivity contribution in [2.45, 2.75) is 58.5 Å². The molecule has 0 bridgehead atoms. The predicted molar refractivity (Wildman–Crippen MR) is 60.9 cm³/mol. The van der Waals surface area contributed by atoms with Crippen LogP contribution in [0.3, 0.4) is 0 Å². The number of carboxylic acid groups (broad SMARTS) is 1. The van der Waals surface area contributed by atoms with E-state index in [4.69, 9.17) is 5.11 Å². The van der Waals surface area contributed by atoms with E-state index in [9.17, 15) is 4.79 Å². The summed E-state index contributed by atoms with van der Waals surface area (Å²) in [6, 6.07) is 0.369. The fraction of sp³-hybridized carbons (Fsp3) is 0.917. The Kier molecular flexibility index (Phi) is 3.77. The van der Waals surface area contributed by atoms with Gasteiger partial charge >= 0.3 is 5.97 Å². The third-order valence-electron chi connectivity index (χ3n) is 3.07. The lowest BCUT2D eigenvalue weighted by Crippen LogP contribution is -2.49. The standard InChI is InChI=1S/C12H23NO2/c1-9(7-10-5-6-10)13(8-11(14)15)12(2,3)4/h9-10H,5-8H2,1-4H3,(H,14,15). The highest BCUT2D eigenvalue weighted by molar-refractivity contribution is 5.69. The van der Waals surface area contributed by atoms with Crippen molar-refractivity contribution in [3.05, 3.63) is 0 Å². The van der Waals surface area contributed by atoms with Gasteiger partial charge in [0.05, 0.1) is 6.54 Å². The van der Waals surface area contributed by atoms with Gasteiger partial charge in [0.1, 0.15) is 0 Å². The molecule has 88 valence electrons. The largest absolute Gasteiger partial charge is 0.480 e. The molecule has 0 saturated heterocycles. The third-order valence-corrected chi connectivity index (χ3v) is 3.07. The first kappa shape index (κ1) is 12.5. The molecule has 0 radical (unpaired) electrons. The Morgan fingerprint density at radius 2 is 2.00 bits per heavy atom. The fourth-order valence-corrected chi connectivity index (χ4v) is 2.16. The summed E-state index contributed by atoms with van der Waals surface area (Å²) in [4.78, 5) is 12.9. The van der Waals surface area contributed by atoms with E-state index < -0.39 is 5.97 Å². The van der Waals surface area contributed by atoms with E-state index in [1.54, 1.807) is 0 Å². The summed E-state index contributed by atoms with van der Waals surface area (Å²) in [6.45, 7) is 8.54. The third kappa shape index (κ3) is 4.20. The van der Waals surface area contributed by atoms with Gasteiger partial charge in [-0.3, -0.25) is 9.69 Å². The van der Waals surface area contributed by atoms with Crippen LogP contribution in [0.2, 0.25) is 0 Å². The van der Waals surface area contributed by atoms with Crippen molar-refractivity contribution >= 4 is 5.97 Å². The monoisotopic (exact) mass is 213 g/mol. The second kappa shape index (κ2) is 4.52. The van der Waals surface area contributed by atoms with Gasteiger partial charge in [-0.15, -0.1) is 0 Å². The molecule has 1 rings (SSSR count). The molecule has 1 aliphatic carbocycles. The van der Waals surface area contributed by atoms with Crippen molar-refractivity contribution in [3.63, 3.8) is 0 Å². The molecule has 1 N–H and O–H groups in total. The number of rotatable bonds is 5. The van der Waals surface area contributed by atoms with Crippen LogP contribution in [0.5, 0.6) is 0 Å². The average molecular weight is 213 g/mol. The zero-order valence-electron chi connectivity index (χ0n) is 10.3. The number of hydrogen-bond donors (Lipinski definition) is 1. The minimum Gasteiger partial charge on any atom is -0.480 e. The summed E-state index contributed by atoms with van der Waals surface area (Å²) in [6.07, 6.45) is 3.80. The number of aliphatic carboxylic acids is 1. The molecule has 0 heterocycles. The average Bonchev–Trinajstić information content (AvgIpc) is 2.81. The van der Waals surface area contributed by atoms with Gasteiger partial charge in [0, 0.05) is 11.6 Å².